The van der Waals surface area contributed by atoms with Crippen molar-refractivity contribution in [1.82, 2.24) is 9.80 Å². The number of hydrogen-bond donors (Lipinski definition) is 0. The van der Waals surface area contributed by atoms with Crippen molar-refractivity contribution in [3.63, 3.8) is 0 Å². The second-order valence-corrected chi connectivity index (χ2v) is 8.79. The van der Waals surface area contributed by atoms with Crippen LogP contribution in [0.15, 0.2) is 47.5 Å². The summed E-state index contributed by atoms with van der Waals surface area (Å²) in [5.41, 5.74) is 1.10. The molecule has 0 N–H and O–H groups in total. The summed E-state index contributed by atoms with van der Waals surface area (Å²) < 4.78 is 10.5. The number of amides is 1. The number of halogens is 1. The van der Waals surface area contributed by atoms with E-state index in [0.29, 0.717) is 22.2 Å². The van der Waals surface area contributed by atoms with E-state index in [-0.39, 0.29) is 5.92 Å². The highest BCUT2D eigenvalue weighted by Gasteiger charge is 2.32. The zero-order chi connectivity index (χ0) is 23.5. The van der Waals surface area contributed by atoms with Crippen LogP contribution in [0.3, 0.4) is 0 Å². The average Bonchev–Trinajstić information content (AvgIpc) is 2.93. The molecule has 2 aromatic carbocycles. The fourth-order valence-electron chi connectivity index (χ4n) is 3.78. The number of rotatable bonds is 4. The number of ether oxygens (including phenoxy) is 2. The second-order valence-electron chi connectivity index (χ2n) is 8.36. The highest BCUT2D eigenvalue weighted by molar-refractivity contribution is 6.31. The molecule has 0 aliphatic carbocycles. The topological polar surface area (TPSA) is 74.7 Å². The molecule has 1 amide bonds. The van der Waals surface area contributed by atoms with Gasteiger partial charge in [-0.25, -0.2) is 14.7 Å². The summed E-state index contributed by atoms with van der Waals surface area (Å²) in [5, 5.41) is 2.03. The van der Waals surface area contributed by atoms with Gasteiger partial charge >= 0.3 is 12.1 Å². The number of hydrogen-bond acceptors (Lipinski definition) is 7. The lowest BCUT2D eigenvalue weighted by molar-refractivity contribution is -0.155. The first-order valence-corrected chi connectivity index (χ1v) is 11.3. The van der Waals surface area contributed by atoms with Crippen molar-refractivity contribution in [2.24, 2.45) is 10.9 Å². The van der Waals surface area contributed by atoms with Gasteiger partial charge < -0.3 is 19.3 Å². The minimum absolute atomic E-state index is 0.320. The SMILES string of the molecule is CC(C)C(=O)OCOC(=O)N1C(N2CCN(C)CC2)=c2ccccc2=Nc2ccc(Cl)cc21. The van der Waals surface area contributed by atoms with Crippen molar-refractivity contribution in [3.8, 4) is 0 Å². The number of carbonyl (C=O) groups is 2. The lowest BCUT2D eigenvalue weighted by Crippen LogP contribution is -2.51. The zero-order valence-corrected chi connectivity index (χ0v) is 19.7. The highest BCUT2D eigenvalue weighted by Crippen LogP contribution is 2.36. The van der Waals surface area contributed by atoms with E-state index in [4.69, 9.17) is 26.1 Å². The van der Waals surface area contributed by atoms with E-state index < -0.39 is 18.9 Å². The predicted molar refractivity (Wildman–Crippen MR) is 126 cm³/mol. The molecular weight excluding hydrogens is 444 g/mol. The Kier molecular flexibility index (Phi) is 6.85. The van der Waals surface area contributed by atoms with Gasteiger partial charge in [-0.05, 0) is 37.4 Å². The van der Waals surface area contributed by atoms with Gasteiger partial charge in [0.25, 0.3) is 0 Å². The van der Waals surface area contributed by atoms with E-state index in [0.717, 1.165) is 36.8 Å². The van der Waals surface area contributed by atoms with Crippen LogP contribution < -0.4 is 15.5 Å². The molecule has 33 heavy (non-hydrogen) atoms. The summed E-state index contributed by atoms with van der Waals surface area (Å²) in [7, 11) is 2.07. The van der Waals surface area contributed by atoms with Crippen molar-refractivity contribution in [3.05, 3.63) is 58.1 Å². The number of fused-ring (bicyclic) bond motifs is 2. The summed E-state index contributed by atoms with van der Waals surface area (Å²) in [6.45, 7) is 6.10. The van der Waals surface area contributed by atoms with Crippen LogP contribution >= 0.6 is 11.6 Å². The molecule has 0 atom stereocenters. The summed E-state index contributed by atoms with van der Waals surface area (Å²) in [6, 6.07) is 12.9. The lowest BCUT2D eigenvalue weighted by atomic mass is 10.2. The third kappa shape index (κ3) is 4.96. The molecule has 174 valence electrons. The third-order valence-electron chi connectivity index (χ3n) is 5.62. The molecule has 0 unspecified atom stereocenters. The van der Waals surface area contributed by atoms with Crippen molar-refractivity contribution in [2.45, 2.75) is 13.8 Å². The van der Waals surface area contributed by atoms with Crippen LogP contribution in [0, 0.1) is 5.92 Å². The van der Waals surface area contributed by atoms with Crippen molar-refractivity contribution in [1.29, 1.82) is 0 Å². The van der Waals surface area contributed by atoms with Crippen LogP contribution in [0.25, 0.3) is 5.82 Å². The van der Waals surface area contributed by atoms with E-state index in [1.807, 2.05) is 24.3 Å². The maximum Gasteiger partial charge on any atom is 0.423 e. The zero-order valence-electron chi connectivity index (χ0n) is 19.0. The molecule has 2 aliphatic rings. The Labute approximate surface area is 197 Å². The van der Waals surface area contributed by atoms with Gasteiger partial charge in [0.1, 0.15) is 5.82 Å². The van der Waals surface area contributed by atoms with Crippen LogP contribution in [0.4, 0.5) is 16.2 Å². The van der Waals surface area contributed by atoms with Gasteiger partial charge in [-0.1, -0.05) is 37.6 Å². The molecule has 0 spiro atoms. The minimum Gasteiger partial charge on any atom is -0.428 e. The normalized spacial score (nSPS) is 16.0. The maximum absolute atomic E-state index is 13.5. The van der Waals surface area contributed by atoms with Gasteiger partial charge in [-0.3, -0.25) is 4.79 Å². The predicted octanol–water partition coefficient (Wildman–Crippen LogP) is 2.72. The van der Waals surface area contributed by atoms with Crippen LogP contribution in [-0.4, -0.2) is 61.9 Å². The number of nitrogens with zero attached hydrogens (tertiary/aromatic N) is 4. The van der Waals surface area contributed by atoms with Crippen LogP contribution in [0.2, 0.25) is 5.02 Å². The summed E-state index contributed by atoms with van der Waals surface area (Å²) in [5.74, 6) is -0.0889. The second kappa shape index (κ2) is 9.80. The van der Waals surface area contributed by atoms with Crippen molar-refractivity contribution < 1.29 is 19.1 Å². The van der Waals surface area contributed by atoms with E-state index >= 15 is 0 Å². The average molecular weight is 471 g/mol. The van der Waals surface area contributed by atoms with E-state index in [2.05, 4.69) is 16.8 Å². The molecule has 0 bridgehead atoms. The molecular formula is C24H27ClN4O4. The molecule has 0 radical (unpaired) electrons. The smallest absolute Gasteiger partial charge is 0.423 e. The van der Waals surface area contributed by atoms with Gasteiger partial charge in [0.05, 0.1) is 22.6 Å². The molecule has 9 heteroatoms. The maximum atomic E-state index is 13.5. The molecule has 0 aromatic heterocycles. The number of carbonyl (C=O) groups excluding carboxylic acids is 2. The Morgan fingerprint density at radius 3 is 2.52 bits per heavy atom. The lowest BCUT2D eigenvalue weighted by Gasteiger charge is -2.39. The molecule has 1 saturated heterocycles. The fraction of sp³-hybridized carbons (Fsp3) is 0.375. The summed E-state index contributed by atoms with van der Waals surface area (Å²) in [4.78, 5) is 36.0. The number of anilines is 1. The van der Waals surface area contributed by atoms with Gasteiger partial charge in [-0.2, -0.15) is 0 Å². The number of likely N-dealkylation sites (N-methyl/N-ethyl adjacent to an activating group) is 1. The molecule has 2 heterocycles. The molecule has 2 aromatic rings. The molecule has 2 aliphatic heterocycles. The molecule has 4 rings (SSSR count). The van der Waals surface area contributed by atoms with Crippen LogP contribution in [0.5, 0.6) is 0 Å². The van der Waals surface area contributed by atoms with E-state index in [1.54, 1.807) is 32.0 Å². The first-order valence-electron chi connectivity index (χ1n) is 10.9. The standard InChI is InChI=1S/C24H27ClN4O4/c1-16(2)23(30)32-15-33-24(31)29-21-14-17(25)8-9-20(21)26-19-7-5-4-6-18(19)22(29)28-12-10-27(3)11-13-28/h4-9,14,16H,10-13,15H2,1-3H3. The van der Waals surface area contributed by atoms with Gasteiger partial charge in [-0.15, -0.1) is 0 Å². The van der Waals surface area contributed by atoms with Gasteiger partial charge in [0.15, 0.2) is 0 Å². The van der Waals surface area contributed by atoms with Gasteiger partial charge in [0.2, 0.25) is 6.79 Å². The van der Waals surface area contributed by atoms with Crippen molar-refractivity contribution >= 4 is 40.9 Å². The fourth-order valence-corrected chi connectivity index (χ4v) is 3.95. The molecule has 0 saturated carbocycles. The Balaban J connectivity index is 1.81. The number of piperazine rings is 1. The number of benzene rings is 2. The quantitative estimate of drug-likeness (QED) is 0.505. The van der Waals surface area contributed by atoms with E-state index in [9.17, 15) is 9.59 Å². The largest absolute Gasteiger partial charge is 0.428 e. The number of esters is 1. The minimum atomic E-state index is -0.670. The molecule has 8 nitrogen and oxygen atoms in total. The number of para-hydroxylation sites is 1. The summed E-state index contributed by atoms with van der Waals surface area (Å²) >= 11 is 6.33. The first kappa shape index (κ1) is 23.1. The Bertz CT molecular complexity index is 1180. The summed E-state index contributed by atoms with van der Waals surface area (Å²) in [6.07, 6.45) is -0.670. The highest BCUT2D eigenvalue weighted by atomic mass is 35.5. The van der Waals surface area contributed by atoms with Crippen LogP contribution in [0.1, 0.15) is 13.8 Å². The van der Waals surface area contributed by atoms with E-state index in [1.165, 1.54) is 4.90 Å². The van der Waals surface area contributed by atoms with Crippen LogP contribution in [-0.2, 0) is 14.3 Å². The molecule has 1 fully saturated rings. The Hall–Kier alpha value is -3.10. The van der Waals surface area contributed by atoms with Gasteiger partial charge in [0, 0.05) is 36.4 Å². The third-order valence-corrected chi connectivity index (χ3v) is 5.85. The first-order chi connectivity index (χ1) is 15.8. The Morgan fingerprint density at radius 2 is 1.79 bits per heavy atom. The Morgan fingerprint density at radius 1 is 1.06 bits per heavy atom. The van der Waals surface area contributed by atoms with Crippen molar-refractivity contribution in [2.75, 3.05) is 44.9 Å². The monoisotopic (exact) mass is 470 g/mol.